The van der Waals surface area contributed by atoms with Crippen molar-refractivity contribution in [2.45, 2.75) is 31.0 Å². The Balaban J connectivity index is 1.40. The average molecular weight is 434 g/mol. The first-order chi connectivity index (χ1) is 15.6. The van der Waals surface area contributed by atoms with Gasteiger partial charge in [-0.05, 0) is 18.6 Å². The van der Waals surface area contributed by atoms with Gasteiger partial charge in [-0.2, -0.15) is 4.57 Å². The highest BCUT2D eigenvalue weighted by Crippen LogP contribution is 2.34. The number of benzene rings is 2. The molecule has 0 radical (unpaired) electrons. The van der Waals surface area contributed by atoms with Crippen LogP contribution in [-0.4, -0.2) is 40.5 Å². The van der Waals surface area contributed by atoms with E-state index in [1.165, 1.54) is 16.8 Å². The molecule has 2 aliphatic rings. The van der Waals surface area contributed by atoms with Gasteiger partial charge in [-0.3, -0.25) is 14.2 Å². The molecule has 8 nitrogen and oxygen atoms in total. The SMILES string of the molecule is O=C(c1ccccc1)n1c(=O)ccn([C@@H]2CO[C@@H]3COC(c4ccccc4)O[C@H]3C2)c1=O. The van der Waals surface area contributed by atoms with Crippen LogP contribution in [0.2, 0.25) is 0 Å². The van der Waals surface area contributed by atoms with Crippen molar-refractivity contribution in [1.29, 1.82) is 0 Å². The third-order valence-electron chi connectivity index (χ3n) is 5.83. The van der Waals surface area contributed by atoms with Crippen LogP contribution in [0, 0.1) is 0 Å². The normalized spacial score (nSPS) is 25.1. The number of aromatic nitrogens is 2. The Morgan fingerprint density at radius 1 is 0.844 bits per heavy atom. The number of fused-ring (bicyclic) bond motifs is 1. The highest BCUT2D eigenvalue weighted by atomic mass is 16.7. The molecule has 3 heterocycles. The van der Waals surface area contributed by atoms with Gasteiger partial charge in [0.25, 0.3) is 11.5 Å². The second-order valence-electron chi connectivity index (χ2n) is 7.86. The van der Waals surface area contributed by atoms with E-state index in [-0.39, 0.29) is 30.4 Å². The lowest BCUT2D eigenvalue weighted by Crippen LogP contribution is -2.51. The Bertz CT molecular complexity index is 1220. The van der Waals surface area contributed by atoms with E-state index in [1.54, 1.807) is 30.3 Å². The summed E-state index contributed by atoms with van der Waals surface area (Å²) in [4.78, 5) is 38.3. The largest absolute Gasteiger partial charge is 0.371 e. The monoisotopic (exact) mass is 434 g/mol. The Labute approximate surface area is 183 Å². The molecule has 8 heteroatoms. The number of carbonyl (C=O) groups excluding carboxylic acids is 1. The van der Waals surface area contributed by atoms with Gasteiger partial charge < -0.3 is 14.2 Å². The Kier molecular flexibility index (Phi) is 5.57. The van der Waals surface area contributed by atoms with Crippen molar-refractivity contribution in [2.24, 2.45) is 0 Å². The van der Waals surface area contributed by atoms with Crippen molar-refractivity contribution < 1.29 is 19.0 Å². The standard InChI is InChI=1S/C24H22N2O6/c27-21-11-12-25(24(29)26(21)22(28)16-7-3-1-4-8-16)18-13-19-20(30-14-18)15-31-23(32-19)17-9-5-2-6-10-17/h1-12,18-20,23H,13-15H2/t18-,19-,20+,23?/m0/s1. The maximum absolute atomic E-state index is 13.1. The summed E-state index contributed by atoms with van der Waals surface area (Å²) in [6, 6.07) is 18.7. The summed E-state index contributed by atoms with van der Waals surface area (Å²) in [7, 11) is 0. The van der Waals surface area contributed by atoms with Gasteiger partial charge in [-0.15, -0.1) is 0 Å². The van der Waals surface area contributed by atoms with Crippen molar-refractivity contribution in [3.8, 4) is 0 Å². The quantitative estimate of drug-likeness (QED) is 0.628. The molecule has 0 spiro atoms. The van der Waals surface area contributed by atoms with E-state index >= 15 is 0 Å². The van der Waals surface area contributed by atoms with Gasteiger partial charge in [0.1, 0.15) is 6.10 Å². The fraction of sp³-hybridized carbons (Fsp3) is 0.292. The maximum Gasteiger partial charge on any atom is 0.338 e. The Morgan fingerprint density at radius 3 is 2.31 bits per heavy atom. The predicted molar refractivity (Wildman–Crippen MR) is 115 cm³/mol. The maximum atomic E-state index is 13.1. The summed E-state index contributed by atoms with van der Waals surface area (Å²) < 4.78 is 19.9. The van der Waals surface area contributed by atoms with Gasteiger partial charge in [0.05, 0.1) is 25.4 Å². The molecule has 1 unspecified atom stereocenters. The number of hydrogen-bond donors (Lipinski definition) is 0. The molecule has 0 saturated carbocycles. The minimum absolute atomic E-state index is 0.237. The topological polar surface area (TPSA) is 88.8 Å². The molecule has 32 heavy (non-hydrogen) atoms. The molecular weight excluding hydrogens is 412 g/mol. The summed E-state index contributed by atoms with van der Waals surface area (Å²) in [6.45, 7) is 0.638. The van der Waals surface area contributed by atoms with E-state index in [2.05, 4.69) is 0 Å². The van der Waals surface area contributed by atoms with Crippen LogP contribution in [0.5, 0.6) is 0 Å². The molecular formula is C24H22N2O6. The van der Waals surface area contributed by atoms with E-state index in [0.29, 0.717) is 17.6 Å². The van der Waals surface area contributed by atoms with Gasteiger partial charge in [0, 0.05) is 23.4 Å². The van der Waals surface area contributed by atoms with Crippen LogP contribution >= 0.6 is 0 Å². The van der Waals surface area contributed by atoms with Crippen molar-refractivity contribution in [2.75, 3.05) is 13.2 Å². The summed E-state index contributed by atoms with van der Waals surface area (Å²) in [5.41, 5.74) is -0.179. The van der Waals surface area contributed by atoms with Gasteiger partial charge in [0.2, 0.25) is 0 Å². The predicted octanol–water partition coefficient (Wildman–Crippen LogP) is 2.14. The molecule has 5 rings (SSSR count). The lowest BCUT2D eigenvalue weighted by molar-refractivity contribution is -0.282. The van der Waals surface area contributed by atoms with Crippen LogP contribution < -0.4 is 11.2 Å². The summed E-state index contributed by atoms with van der Waals surface area (Å²) in [5.74, 6) is -0.656. The highest BCUT2D eigenvalue weighted by Gasteiger charge is 2.39. The summed E-state index contributed by atoms with van der Waals surface area (Å²) in [6.07, 6.45) is 0.880. The Morgan fingerprint density at radius 2 is 1.56 bits per heavy atom. The molecule has 2 saturated heterocycles. The van der Waals surface area contributed by atoms with E-state index in [0.717, 1.165) is 5.56 Å². The van der Waals surface area contributed by atoms with Gasteiger partial charge in [0.15, 0.2) is 6.29 Å². The second kappa shape index (κ2) is 8.66. The van der Waals surface area contributed by atoms with Crippen LogP contribution in [0.1, 0.15) is 34.7 Å². The molecule has 0 aliphatic carbocycles. The van der Waals surface area contributed by atoms with Crippen LogP contribution in [0.25, 0.3) is 0 Å². The minimum Gasteiger partial charge on any atom is -0.371 e. The molecule has 2 fully saturated rings. The smallest absolute Gasteiger partial charge is 0.338 e. The minimum atomic E-state index is -0.690. The van der Waals surface area contributed by atoms with Gasteiger partial charge >= 0.3 is 5.69 Å². The zero-order valence-corrected chi connectivity index (χ0v) is 17.2. The van der Waals surface area contributed by atoms with Gasteiger partial charge in [-0.25, -0.2) is 4.79 Å². The van der Waals surface area contributed by atoms with Crippen LogP contribution in [-0.2, 0) is 14.2 Å². The molecule has 1 aromatic heterocycles. The number of carbonyl (C=O) groups is 1. The number of ether oxygens (including phenoxy) is 3. The number of hydrogen-bond acceptors (Lipinski definition) is 6. The third kappa shape index (κ3) is 3.84. The van der Waals surface area contributed by atoms with E-state index in [1.807, 2.05) is 30.3 Å². The highest BCUT2D eigenvalue weighted by molar-refractivity contribution is 5.95. The third-order valence-corrected chi connectivity index (χ3v) is 5.83. The number of rotatable bonds is 3. The molecule has 3 aromatic rings. The first-order valence-electron chi connectivity index (χ1n) is 10.5. The van der Waals surface area contributed by atoms with E-state index in [9.17, 15) is 14.4 Å². The second-order valence-corrected chi connectivity index (χ2v) is 7.86. The first kappa shape index (κ1) is 20.6. The summed E-state index contributed by atoms with van der Waals surface area (Å²) in [5, 5.41) is 0. The van der Waals surface area contributed by atoms with Gasteiger partial charge in [-0.1, -0.05) is 48.5 Å². The molecule has 164 valence electrons. The molecule has 2 aromatic carbocycles. The lowest BCUT2D eigenvalue weighted by atomic mass is 10.0. The van der Waals surface area contributed by atoms with Crippen LogP contribution in [0.4, 0.5) is 0 Å². The molecule has 0 bridgehead atoms. The average Bonchev–Trinajstić information content (AvgIpc) is 2.84. The summed E-state index contributed by atoms with van der Waals surface area (Å²) >= 11 is 0. The number of nitrogens with zero attached hydrogens (tertiary/aromatic N) is 2. The fourth-order valence-electron chi connectivity index (χ4n) is 4.15. The molecule has 2 aliphatic heterocycles. The van der Waals surface area contributed by atoms with Crippen molar-refractivity contribution >= 4 is 5.91 Å². The van der Waals surface area contributed by atoms with Crippen LogP contribution in [0.3, 0.4) is 0 Å². The molecule has 0 amide bonds. The van der Waals surface area contributed by atoms with E-state index < -0.39 is 23.4 Å². The molecule has 0 N–H and O–H groups in total. The lowest BCUT2D eigenvalue weighted by Gasteiger charge is -2.42. The molecule has 4 atom stereocenters. The van der Waals surface area contributed by atoms with Crippen molar-refractivity contribution in [3.63, 3.8) is 0 Å². The Hall–Kier alpha value is -3.33. The van der Waals surface area contributed by atoms with E-state index in [4.69, 9.17) is 14.2 Å². The van der Waals surface area contributed by atoms with Crippen molar-refractivity contribution in [3.05, 3.63) is 105 Å². The van der Waals surface area contributed by atoms with Crippen molar-refractivity contribution in [1.82, 2.24) is 9.13 Å². The zero-order chi connectivity index (χ0) is 22.1. The van der Waals surface area contributed by atoms with Crippen LogP contribution in [0.15, 0.2) is 82.5 Å². The fourth-order valence-corrected chi connectivity index (χ4v) is 4.15. The first-order valence-corrected chi connectivity index (χ1v) is 10.5. The zero-order valence-electron chi connectivity index (χ0n) is 17.2.